The van der Waals surface area contributed by atoms with E-state index in [-0.39, 0.29) is 23.8 Å². The number of likely N-dealkylation sites (tertiary alicyclic amines) is 1. The number of anilines is 1. The summed E-state index contributed by atoms with van der Waals surface area (Å²) in [5.74, 6) is -0.0252. The van der Waals surface area contributed by atoms with E-state index in [4.69, 9.17) is 4.52 Å². The second kappa shape index (κ2) is 6.76. The molecule has 2 aromatic rings. The van der Waals surface area contributed by atoms with Gasteiger partial charge in [0.15, 0.2) is 10.9 Å². The Morgan fingerprint density at radius 1 is 1.41 bits per heavy atom. The number of fused-ring (bicyclic) bond motifs is 1. The first-order chi connectivity index (χ1) is 13.0. The van der Waals surface area contributed by atoms with Crippen LogP contribution in [-0.2, 0) is 11.2 Å². The van der Waals surface area contributed by atoms with Crippen LogP contribution in [0.5, 0.6) is 0 Å². The third-order valence-corrected chi connectivity index (χ3v) is 5.82. The van der Waals surface area contributed by atoms with Gasteiger partial charge in [0.2, 0.25) is 5.91 Å². The van der Waals surface area contributed by atoms with E-state index in [0.717, 1.165) is 17.8 Å². The van der Waals surface area contributed by atoms with Gasteiger partial charge in [-0.15, -0.1) is 0 Å². The molecule has 1 unspecified atom stereocenters. The number of carbonyl (C=O) groups is 3. The molecule has 3 amide bonds. The molecule has 0 saturated carbocycles. The average Bonchev–Trinajstić information content (AvgIpc) is 3.31. The van der Waals surface area contributed by atoms with Crippen LogP contribution in [0.3, 0.4) is 0 Å². The number of nitrogens with zero attached hydrogens (tertiary/aromatic N) is 3. The molecule has 0 bridgehead atoms. The van der Waals surface area contributed by atoms with Crippen LogP contribution in [0.15, 0.2) is 4.52 Å². The molecular weight excluding hydrogens is 370 g/mol. The lowest BCUT2D eigenvalue weighted by Gasteiger charge is -2.24. The monoisotopic (exact) mass is 389 g/mol. The number of aromatic nitrogens is 2. The quantitative estimate of drug-likeness (QED) is 0.824. The zero-order valence-corrected chi connectivity index (χ0v) is 15.8. The van der Waals surface area contributed by atoms with E-state index in [1.54, 1.807) is 11.8 Å². The number of thiazole rings is 1. The summed E-state index contributed by atoms with van der Waals surface area (Å²) in [5.41, 5.74) is 1.56. The smallest absolute Gasteiger partial charge is 0.266 e. The molecule has 4 rings (SSSR count). The third-order valence-electron chi connectivity index (χ3n) is 4.76. The zero-order valence-electron chi connectivity index (χ0n) is 15.0. The Balaban J connectivity index is 1.64. The van der Waals surface area contributed by atoms with E-state index in [1.807, 2.05) is 0 Å². The number of rotatable bonds is 3. The number of hydrogen-bond donors (Lipinski definition) is 2. The lowest BCUT2D eigenvalue weighted by molar-refractivity contribution is -0.114. The maximum atomic E-state index is 13.1. The molecular formula is C17H19N5O4S. The van der Waals surface area contributed by atoms with Crippen LogP contribution in [0.4, 0.5) is 5.13 Å². The molecule has 0 radical (unpaired) electrons. The molecule has 1 fully saturated rings. The Labute approximate surface area is 159 Å². The summed E-state index contributed by atoms with van der Waals surface area (Å²) < 4.78 is 5.37. The first-order valence-electron chi connectivity index (χ1n) is 8.78. The number of aryl methyl sites for hydroxylation is 1. The second-order valence-corrected chi connectivity index (χ2v) is 7.64. The highest BCUT2D eigenvalue weighted by molar-refractivity contribution is 7.17. The largest absolute Gasteiger partial charge is 0.360 e. The zero-order chi connectivity index (χ0) is 19.1. The summed E-state index contributed by atoms with van der Waals surface area (Å²) in [6.45, 7) is 4.23. The van der Waals surface area contributed by atoms with Crippen molar-refractivity contribution in [3.63, 3.8) is 0 Å². The van der Waals surface area contributed by atoms with Crippen LogP contribution in [0, 0.1) is 6.92 Å². The number of nitrogens with one attached hydrogen (secondary N) is 2. The van der Waals surface area contributed by atoms with Gasteiger partial charge in [0.25, 0.3) is 11.8 Å². The van der Waals surface area contributed by atoms with Crippen molar-refractivity contribution in [2.75, 3.05) is 18.4 Å². The maximum Gasteiger partial charge on any atom is 0.266 e. The molecule has 2 aliphatic heterocycles. The lowest BCUT2D eigenvalue weighted by atomic mass is 10.0. The second-order valence-electron chi connectivity index (χ2n) is 6.64. The van der Waals surface area contributed by atoms with E-state index in [0.29, 0.717) is 58.7 Å². The average molecular weight is 389 g/mol. The van der Waals surface area contributed by atoms with Crippen molar-refractivity contribution in [2.24, 2.45) is 0 Å². The van der Waals surface area contributed by atoms with Crippen molar-refractivity contribution in [3.8, 4) is 0 Å². The van der Waals surface area contributed by atoms with Crippen LogP contribution < -0.4 is 10.6 Å². The van der Waals surface area contributed by atoms with E-state index in [2.05, 4.69) is 20.8 Å². The summed E-state index contributed by atoms with van der Waals surface area (Å²) in [6, 6.07) is -0.306. The van der Waals surface area contributed by atoms with Crippen LogP contribution in [0.1, 0.15) is 63.0 Å². The van der Waals surface area contributed by atoms with E-state index >= 15 is 0 Å². The minimum absolute atomic E-state index is 0.169. The highest BCUT2D eigenvalue weighted by atomic mass is 32.1. The van der Waals surface area contributed by atoms with E-state index in [9.17, 15) is 14.4 Å². The molecule has 27 heavy (non-hydrogen) atoms. The van der Waals surface area contributed by atoms with Crippen LogP contribution in [0.25, 0.3) is 0 Å². The number of carbonyl (C=O) groups excluding carboxylic acids is 3. The van der Waals surface area contributed by atoms with Crippen LogP contribution in [-0.4, -0.2) is 45.9 Å². The SMILES string of the molecule is CC(=O)Nc1nc(C)c(C(=O)N2CCCC2c2noc3c2C(=O)NCC3)s1. The van der Waals surface area contributed by atoms with Crippen molar-refractivity contribution in [1.29, 1.82) is 0 Å². The van der Waals surface area contributed by atoms with Gasteiger partial charge in [-0.25, -0.2) is 4.98 Å². The Hall–Kier alpha value is -2.75. The van der Waals surface area contributed by atoms with Gasteiger partial charge in [-0.05, 0) is 19.8 Å². The van der Waals surface area contributed by atoms with Gasteiger partial charge in [0, 0.05) is 26.4 Å². The van der Waals surface area contributed by atoms with E-state index < -0.39 is 0 Å². The normalized spacial score (nSPS) is 19.0. The number of hydrogen-bond acceptors (Lipinski definition) is 7. The molecule has 2 aromatic heterocycles. The van der Waals surface area contributed by atoms with E-state index in [1.165, 1.54) is 6.92 Å². The first kappa shape index (κ1) is 17.7. The molecule has 9 nitrogen and oxygen atoms in total. The number of amides is 3. The molecule has 142 valence electrons. The third kappa shape index (κ3) is 3.09. The van der Waals surface area contributed by atoms with Crippen LogP contribution >= 0.6 is 11.3 Å². The fourth-order valence-corrected chi connectivity index (χ4v) is 4.55. The predicted octanol–water partition coefficient (Wildman–Crippen LogP) is 1.66. The summed E-state index contributed by atoms with van der Waals surface area (Å²) in [4.78, 5) is 43.1. The van der Waals surface area contributed by atoms with Crippen molar-refractivity contribution < 1.29 is 18.9 Å². The van der Waals surface area contributed by atoms with Crippen molar-refractivity contribution in [1.82, 2.24) is 20.4 Å². The van der Waals surface area contributed by atoms with Crippen molar-refractivity contribution in [2.45, 2.75) is 39.2 Å². The Bertz CT molecular complexity index is 934. The van der Waals surface area contributed by atoms with Crippen LogP contribution in [0.2, 0.25) is 0 Å². The topological polar surface area (TPSA) is 117 Å². The predicted molar refractivity (Wildman–Crippen MR) is 96.7 cm³/mol. The Kier molecular flexibility index (Phi) is 4.42. The molecule has 0 aromatic carbocycles. The Morgan fingerprint density at radius 3 is 3.00 bits per heavy atom. The minimum atomic E-state index is -0.306. The van der Waals surface area contributed by atoms with Gasteiger partial charge < -0.3 is 20.1 Å². The highest BCUT2D eigenvalue weighted by Crippen LogP contribution is 2.37. The molecule has 2 aliphatic rings. The summed E-state index contributed by atoms with van der Waals surface area (Å²) >= 11 is 1.15. The fraction of sp³-hybridized carbons (Fsp3) is 0.471. The summed E-state index contributed by atoms with van der Waals surface area (Å²) in [5, 5.41) is 9.94. The Morgan fingerprint density at radius 2 is 2.22 bits per heavy atom. The summed E-state index contributed by atoms with van der Waals surface area (Å²) in [7, 11) is 0. The van der Waals surface area contributed by atoms with Gasteiger partial charge in [0.05, 0.1) is 11.7 Å². The molecule has 2 N–H and O–H groups in total. The molecule has 0 aliphatic carbocycles. The standard InChI is InChI=1S/C17H19N5O4S/c1-8-14(27-17(19-8)20-9(2)23)16(25)22-7-3-4-10(22)13-12-11(26-21-13)5-6-18-15(12)24/h10H,3-7H2,1-2H3,(H,18,24)(H,19,20,23). The van der Waals surface area contributed by atoms with Crippen molar-refractivity contribution >= 4 is 34.2 Å². The fourth-order valence-electron chi connectivity index (χ4n) is 3.58. The summed E-state index contributed by atoms with van der Waals surface area (Å²) in [6.07, 6.45) is 2.13. The molecule has 4 heterocycles. The van der Waals surface area contributed by atoms with Gasteiger partial charge in [-0.1, -0.05) is 16.5 Å². The first-order valence-corrected chi connectivity index (χ1v) is 9.60. The minimum Gasteiger partial charge on any atom is -0.360 e. The molecule has 0 spiro atoms. The van der Waals surface area contributed by atoms with Crippen molar-refractivity contribution in [3.05, 3.63) is 27.6 Å². The maximum absolute atomic E-state index is 13.1. The molecule has 10 heteroatoms. The highest BCUT2D eigenvalue weighted by Gasteiger charge is 2.39. The molecule has 1 atom stereocenters. The van der Waals surface area contributed by atoms with Gasteiger partial charge >= 0.3 is 0 Å². The van der Waals surface area contributed by atoms with Gasteiger partial charge in [0.1, 0.15) is 16.1 Å². The van der Waals surface area contributed by atoms with Gasteiger partial charge in [-0.2, -0.15) is 0 Å². The van der Waals surface area contributed by atoms with Gasteiger partial charge in [-0.3, -0.25) is 14.4 Å². The lowest BCUT2D eigenvalue weighted by Crippen LogP contribution is -2.35. The molecule has 1 saturated heterocycles.